The van der Waals surface area contributed by atoms with Gasteiger partial charge in [-0.15, -0.1) is 0 Å². The van der Waals surface area contributed by atoms with Crippen molar-refractivity contribution in [1.29, 1.82) is 0 Å². The van der Waals surface area contributed by atoms with Gasteiger partial charge in [-0.1, -0.05) is 32.9 Å². The first-order valence-electron chi connectivity index (χ1n) is 8.66. The van der Waals surface area contributed by atoms with Crippen molar-refractivity contribution < 1.29 is 9.53 Å². The fourth-order valence-corrected chi connectivity index (χ4v) is 2.87. The molecular weight excluding hydrogens is 302 g/mol. The molecule has 2 rings (SSSR count). The van der Waals surface area contributed by atoms with Crippen LogP contribution in [-0.2, 0) is 4.79 Å². The maximum Gasteiger partial charge on any atom is 0.225 e. The van der Waals surface area contributed by atoms with Crippen LogP contribution in [-0.4, -0.2) is 62.6 Å². The quantitative estimate of drug-likeness (QED) is 0.897. The molecule has 1 aliphatic rings. The van der Waals surface area contributed by atoms with E-state index in [1.54, 1.807) is 7.11 Å². The molecule has 5 heteroatoms. The fourth-order valence-electron chi connectivity index (χ4n) is 2.87. The second-order valence-corrected chi connectivity index (χ2v) is 7.59. The molecule has 1 aromatic rings. The van der Waals surface area contributed by atoms with E-state index in [9.17, 15) is 4.79 Å². The topological polar surface area (TPSA) is 44.8 Å². The monoisotopic (exact) mass is 333 g/mol. The number of hydrogen-bond acceptors (Lipinski definition) is 4. The predicted octanol–water partition coefficient (Wildman–Crippen LogP) is 2.15. The Balaban J connectivity index is 2.12. The molecule has 1 fully saturated rings. The van der Waals surface area contributed by atoms with Gasteiger partial charge in [0.05, 0.1) is 13.2 Å². The highest BCUT2D eigenvalue weighted by Crippen LogP contribution is 2.24. The van der Waals surface area contributed by atoms with Crippen LogP contribution in [0.3, 0.4) is 0 Å². The van der Waals surface area contributed by atoms with Crippen molar-refractivity contribution in [3.8, 4) is 5.75 Å². The molecule has 134 valence electrons. The highest BCUT2D eigenvalue weighted by Gasteiger charge is 2.27. The molecule has 0 aromatic heterocycles. The van der Waals surface area contributed by atoms with E-state index in [-0.39, 0.29) is 17.4 Å². The maximum atomic E-state index is 12.3. The van der Waals surface area contributed by atoms with E-state index in [1.165, 1.54) is 5.56 Å². The van der Waals surface area contributed by atoms with E-state index in [1.807, 2.05) is 32.9 Å². The van der Waals surface area contributed by atoms with Gasteiger partial charge < -0.3 is 15.0 Å². The number of piperazine rings is 1. The number of nitrogens with zero attached hydrogens (tertiary/aromatic N) is 2. The molecule has 1 amide bonds. The number of rotatable bonds is 5. The first-order chi connectivity index (χ1) is 11.3. The smallest absolute Gasteiger partial charge is 0.225 e. The second-order valence-electron chi connectivity index (χ2n) is 7.59. The Hall–Kier alpha value is -1.59. The molecule has 0 bridgehead atoms. The lowest BCUT2D eigenvalue weighted by Crippen LogP contribution is -2.49. The van der Waals surface area contributed by atoms with Crippen molar-refractivity contribution in [1.82, 2.24) is 15.1 Å². The number of ether oxygens (including phenoxy) is 1. The van der Waals surface area contributed by atoms with Gasteiger partial charge in [0.15, 0.2) is 0 Å². The lowest BCUT2D eigenvalue weighted by Gasteiger charge is -2.38. The van der Waals surface area contributed by atoms with Gasteiger partial charge in [0.25, 0.3) is 0 Å². The van der Waals surface area contributed by atoms with Crippen molar-refractivity contribution in [2.24, 2.45) is 5.41 Å². The minimum atomic E-state index is -0.368. The van der Waals surface area contributed by atoms with Crippen LogP contribution in [0.4, 0.5) is 0 Å². The summed E-state index contributed by atoms with van der Waals surface area (Å²) < 4.78 is 5.26. The molecular formula is C19H31N3O2. The van der Waals surface area contributed by atoms with Gasteiger partial charge in [0.2, 0.25) is 5.91 Å². The van der Waals surface area contributed by atoms with Crippen molar-refractivity contribution in [3.05, 3.63) is 29.8 Å². The number of amides is 1. The van der Waals surface area contributed by atoms with Crippen LogP contribution in [0.5, 0.6) is 5.75 Å². The summed E-state index contributed by atoms with van der Waals surface area (Å²) >= 11 is 0. The van der Waals surface area contributed by atoms with Crippen LogP contribution in [0.15, 0.2) is 24.3 Å². The summed E-state index contributed by atoms with van der Waals surface area (Å²) in [5.74, 6) is 0.949. The van der Waals surface area contributed by atoms with E-state index in [2.05, 4.69) is 34.3 Å². The third-order valence-electron chi connectivity index (χ3n) is 4.62. The third-order valence-corrected chi connectivity index (χ3v) is 4.62. The molecule has 1 atom stereocenters. The van der Waals surface area contributed by atoms with E-state index < -0.39 is 0 Å². The summed E-state index contributed by atoms with van der Waals surface area (Å²) in [7, 11) is 3.83. The molecule has 0 saturated carbocycles. The Labute approximate surface area is 146 Å². The van der Waals surface area contributed by atoms with Crippen LogP contribution in [0, 0.1) is 5.41 Å². The van der Waals surface area contributed by atoms with Crippen molar-refractivity contribution >= 4 is 5.91 Å². The largest absolute Gasteiger partial charge is 0.497 e. The first kappa shape index (κ1) is 18.7. The first-order valence-corrected chi connectivity index (χ1v) is 8.66. The minimum absolute atomic E-state index is 0.0927. The normalized spacial score (nSPS) is 18.2. The van der Waals surface area contributed by atoms with Gasteiger partial charge in [-0.2, -0.15) is 0 Å². The van der Waals surface area contributed by atoms with Gasteiger partial charge in [-0.25, -0.2) is 0 Å². The van der Waals surface area contributed by atoms with Crippen LogP contribution < -0.4 is 10.1 Å². The molecule has 0 spiro atoms. The average Bonchev–Trinajstić information content (AvgIpc) is 2.56. The summed E-state index contributed by atoms with van der Waals surface area (Å²) in [5.41, 5.74) is 0.849. The Bertz CT molecular complexity index is 529. The van der Waals surface area contributed by atoms with Crippen LogP contribution in [0.2, 0.25) is 0 Å². The standard InChI is InChI=1S/C19H31N3O2/c1-19(2,3)18(23)20-14-17(22-12-10-21(4)11-13-22)15-6-8-16(24-5)9-7-15/h6-9,17H,10-14H2,1-5H3,(H,20,23). The SMILES string of the molecule is COc1ccc(C(CNC(=O)C(C)(C)C)N2CCN(C)CC2)cc1. The summed E-state index contributed by atoms with van der Waals surface area (Å²) in [6.45, 7) is 10.6. The van der Waals surface area contributed by atoms with Crippen molar-refractivity contribution in [2.75, 3.05) is 46.9 Å². The zero-order valence-electron chi connectivity index (χ0n) is 15.6. The second kappa shape index (κ2) is 7.99. The van der Waals surface area contributed by atoms with Gasteiger partial charge in [-0.05, 0) is 24.7 Å². The van der Waals surface area contributed by atoms with Gasteiger partial charge in [-0.3, -0.25) is 9.69 Å². The summed E-state index contributed by atoms with van der Waals surface area (Å²) in [6.07, 6.45) is 0. The van der Waals surface area contributed by atoms with E-state index in [4.69, 9.17) is 4.74 Å². The molecule has 24 heavy (non-hydrogen) atoms. The molecule has 1 heterocycles. The van der Waals surface area contributed by atoms with E-state index >= 15 is 0 Å². The third kappa shape index (κ3) is 4.95. The van der Waals surface area contributed by atoms with Gasteiger partial charge in [0, 0.05) is 38.1 Å². The average molecular weight is 333 g/mol. The molecule has 1 aliphatic heterocycles. The minimum Gasteiger partial charge on any atom is -0.497 e. The lowest BCUT2D eigenvalue weighted by molar-refractivity contribution is -0.128. The van der Waals surface area contributed by atoms with Gasteiger partial charge in [0.1, 0.15) is 5.75 Å². The fraction of sp³-hybridized carbons (Fsp3) is 0.632. The van der Waals surface area contributed by atoms with E-state index in [0.29, 0.717) is 6.54 Å². The summed E-state index contributed by atoms with van der Waals surface area (Å²) in [4.78, 5) is 17.1. The molecule has 5 nitrogen and oxygen atoms in total. The van der Waals surface area contributed by atoms with Crippen molar-refractivity contribution in [3.63, 3.8) is 0 Å². The summed E-state index contributed by atoms with van der Waals surface area (Å²) in [6, 6.07) is 8.38. The molecule has 1 aromatic carbocycles. The number of nitrogens with one attached hydrogen (secondary N) is 1. The summed E-state index contributed by atoms with van der Waals surface area (Å²) in [5, 5.41) is 3.13. The number of carbonyl (C=O) groups is 1. The molecule has 1 saturated heterocycles. The predicted molar refractivity (Wildman–Crippen MR) is 97.3 cm³/mol. The molecule has 1 unspecified atom stereocenters. The number of methoxy groups -OCH3 is 1. The zero-order chi connectivity index (χ0) is 17.7. The Morgan fingerprint density at radius 3 is 2.25 bits per heavy atom. The molecule has 0 aliphatic carbocycles. The Morgan fingerprint density at radius 1 is 1.17 bits per heavy atom. The number of benzene rings is 1. The lowest BCUT2D eigenvalue weighted by atomic mass is 9.95. The molecule has 1 N–H and O–H groups in total. The zero-order valence-corrected chi connectivity index (χ0v) is 15.6. The van der Waals surface area contributed by atoms with Crippen LogP contribution in [0.1, 0.15) is 32.4 Å². The van der Waals surface area contributed by atoms with E-state index in [0.717, 1.165) is 31.9 Å². The molecule has 0 radical (unpaired) electrons. The van der Waals surface area contributed by atoms with Crippen molar-refractivity contribution in [2.45, 2.75) is 26.8 Å². The van der Waals surface area contributed by atoms with Gasteiger partial charge >= 0.3 is 0 Å². The number of hydrogen-bond donors (Lipinski definition) is 1. The Kier molecular flexibility index (Phi) is 6.24. The number of likely N-dealkylation sites (N-methyl/N-ethyl adjacent to an activating group) is 1. The highest BCUT2D eigenvalue weighted by atomic mass is 16.5. The van der Waals surface area contributed by atoms with Crippen LogP contribution >= 0.6 is 0 Å². The Morgan fingerprint density at radius 2 is 1.75 bits per heavy atom. The number of carbonyl (C=O) groups excluding carboxylic acids is 1. The van der Waals surface area contributed by atoms with Crippen LogP contribution in [0.25, 0.3) is 0 Å². The maximum absolute atomic E-state index is 12.3. The highest BCUT2D eigenvalue weighted by molar-refractivity contribution is 5.81.